The van der Waals surface area contributed by atoms with Gasteiger partial charge in [0.05, 0.1) is 40.8 Å². The van der Waals surface area contributed by atoms with Crippen LogP contribution in [0.3, 0.4) is 0 Å². The number of carbonyl (C=O) groups is 5. The number of amides is 5. The smallest absolute Gasteiger partial charge is 0.744 e. The molecule has 5 aromatic rings. The first kappa shape index (κ1) is 71.8. The quantitative estimate of drug-likeness (QED) is 0.00974. The molecule has 0 spiro atoms. The van der Waals surface area contributed by atoms with Crippen LogP contribution in [0.5, 0.6) is 11.5 Å². The molecule has 482 valence electrons. The molecule has 91 heavy (non-hydrogen) atoms. The van der Waals surface area contributed by atoms with Crippen molar-refractivity contribution in [3.05, 3.63) is 152 Å². The predicted molar refractivity (Wildman–Crippen MR) is 342 cm³/mol. The number of carboxylic acids is 1. The maximum absolute atomic E-state index is 14.4. The summed E-state index contributed by atoms with van der Waals surface area (Å²) in [5.41, 5.74) is 4.00. The minimum absolute atomic E-state index is 0. The number of urea groups is 1. The zero-order valence-electron chi connectivity index (χ0n) is 52.2. The summed E-state index contributed by atoms with van der Waals surface area (Å²) in [7, 11) is -7.47. The molecule has 0 bridgehead atoms. The van der Waals surface area contributed by atoms with Gasteiger partial charge in [-0.15, -0.1) is 22.7 Å². The summed E-state index contributed by atoms with van der Waals surface area (Å²) in [6.07, 6.45) is 15.1. The summed E-state index contributed by atoms with van der Waals surface area (Å²) in [6.45, 7) is 9.94. The molecule has 3 aliphatic rings. The average Bonchev–Trinajstić information content (AvgIpc) is 1.61. The fraction of sp³-hybridized carbons (Fsp3) is 0.415. The van der Waals surface area contributed by atoms with Gasteiger partial charge >= 0.3 is 41.6 Å². The van der Waals surface area contributed by atoms with Gasteiger partial charge in [0.25, 0.3) is 0 Å². The Morgan fingerprint density at radius 3 is 1.93 bits per heavy atom. The van der Waals surface area contributed by atoms with Crippen molar-refractivity contribution in [1.82, 2.24) is 26.2 Å². The van der Waals surface area contributed by atoms with Gasteiger partial charge in [0.2, 0.25) is 30.2 Å². The van der Waals surface area contributed by atoms with E-state index in [0.29, 0.717) is 107 Å². The second-order valence-electron chi connectivity index (χ2n) is 23.5. The monoisotopic (exact) mass is 1330 g/mol. The largest absolute Gasteiger partial charge is 1.00 e. The molecule has 0 fully saturated rings. The number of carboxylic acid groups (broad SMARTS) is 1. The Labute approximate surface area is 562 Å². The van der Waals surface area contributed by atoms with Crippen molar-refractivity contribution in [2.24, 2.45) is 0 Å². The Morgan fingerprint density at radius 2 is 1.32 bits per heavy atom. The van der Waals surface area contributed by atoms with Crippen LogP contribution in [0.4, 0.5) is 16.2 Å². The number of thiophene rings is 2. The number of nitrogens with one attached hydrogen (secondary N) is 4. The molecule has 2 aromatic heterocycles. The van der Waals surface area contributed by atoms with Gasteiger partial charge in [-0.05, 0) is 141 Å². The number of allylic oxidation sites excluding steroid dienone is 6. The Hall–Kier alpha value is -6.68. The zero-order valence-corrected chi connectivity index (χ0v) is 57.4. The van der Waals surface area contributed by atoms with Crippen LogP contribution in [0.2, 0.25) is 0 Å². The molecule has 0 aliphatic carbocycles. The minimum atomic E-state index is -4.71. The average molecular weight is 1330 g/mol. The van der Waals surface area contributed by atoms with E-state index in [1.807, 2.05) is 105 Å². The summed E-state index contributed by atoms with van der Waals surface area (Å²) < 4.78 is 84.6. The number of aliphatic carboxylic acids is 1. The summed E-state index contributed by atoms with van der Waals surface area (Å²) in [6, 6.07) is 18.9. The fourth-order valence-corrected chi connectivity index (χ4v) is 14.0. The molecule has 0 saturated carbocycles. The molecule has 5 N–H and O–H groups in total. The number of nitrogens with zero attached hydrogens (tertiary/aromatic N) is 3. The van der Waals surface area contributed by atoms with Crippen LogP contribution in [0.15, 0.2) is 135 Å². The molecule has 8 rings (SSSR count). The van der Waals surface area contributed by atoms with Gasteiger partial charge in [0, 0.05) is 76.7 Å². The predicted octanol–water partition coefficient (Wildman–Crippen LogP) is 6.79. The van der Waals surface area contributed by atoms with E-state index in [4.69, 9.17) is 9.47 Å². The number of ether oxygens (including phenoxy) is 2. The summed E-state index contributed by atoms with van der Waals surface area (Å²) in [5.74, 6) is -0.679. The van der Waals surface area contributed by atoms with Crippen LogP contribution in [0, 0.1) is 0 Å². The molecule has 26 heteroatoms. The Morgan fingerprint density at radius 1 is 0.714 bits per heavy atom. The molecule has 0 radical (unpaired) electrons. The van der Waals surface area contributed by atoms with Gasteiger partial charge in [0.15, 0.2) is 17.2 Å². The van der Waals surface area contributed by atoms with Crippen molar-refractivity contribution in [1.29, 1.82) is 0 Å². The van der Waals surface area contributed by atoms with Crippen LogP contribution in [0.1, 0.15) is 137 Å². The Kier molecular flexibility index (Phi) is 25.4. The van der Waals surface area contributed by atoms with Crippen molar-refractivity contribution in [3.8, 4) is 11.5 Å². The van der Waals surface area contributed by atoms with E-state index in [1.165, 1.54) is 46.9 Å². The topological polar surface area (TPSA) is 296 Å². The first-order valence-electron chi connectivity index (χ1n) is 30.0. The summed E-state index contributed by atoms with van der Waals surface area (Å²) in [5, 5.41) is 25.2. The molecule has 0 saturated heterocycles. The second-order valence-corrected chi connectivity index (χ2v) is 28.3. The normalized spacial score (nSPS) is 15.7. The van der Waals surface area contributed by atoms with E-state index in [0.717, 1.165) is 50.9 Å². The molecular weight excluding hydrogens is 1250 g/mol. The Balaban J connectivity index is 0.0000118. The number of fused-ring (bicyclic) bond motifs is 3. The van der Waals surface area contributed by atoms with E-state index in [9.17, 15) is 55.0 Å². The first-order chi connectivity index (χ1) is 42.8. The van der Waals surface area contributed by atoms with Crippen molar-refractivity contribution >= 4 is 89.7 Å². The van der Waals surface area contributed by atoms with E-state index < -0.39 is 61.6 Å². The maximum atomic E-state index is 14.4. The van der Waals surface area contributed by atoms with E-state index >= 15 is 0 Å². The summed E-state index contributed by atoms with van der Waals surface area (Å²) in [4.78, 5) is 71.0. The number of rotatable bonds is 32. The molecule has 3 aliphatic heterocycles. The van der Waals surface area contributed by atoms with Crippen molar-refractivity contribution in [2.45, 2.75) is 151 Å². The van der Waals surface area contributed by atoms with Gasteiger partial charge in [-0.2, -0.15) is 4.58 Å². The van der Waals surface area contributed by atoms with Crippen molar-refractivity contribution in [3.63, 3.8) is 0 Å². The number of benzene rings is 3. The fourth-order valence-electron chi connectivity index (χ4n) is 11.6. The SMILES string of the molecule is C[N+]1=C(/C=C/C=C/C=C2/N(CCCCCC(=O)NCCCCCC(=O)NCCCC[C@@H](NC(=O)N[C@H](CC(=O)O)c3ccc4c(c3)OCO4)C(=O)N(Cc3cccs3)Cc3cccs3)c3ccc(S(=O)(=O)[O-])cc3C2(C)C)C(C)(C)c2cc(S(=O)(=O)[O-])ccc21.[Na+]. The van der Waals surface area contributed by atoms with E-state index in [2.05, 4.69) is 26.2 Å². The molecule has 2 atom stereocenters. The van der Waals surface area contributed by atoms with Crippen LogP contribution in [0.25, 0.3) is 0 Å². The van der Waals surface area contributed by atoms with Gasteiger partial charge in [-0.3, -0.25) is 19.2 Å². The van der Waals surface area contributed by atoms with Crippen LogP contribution < -0.4 is 65.2 Å². The number of hydrogen-bond acceptors (Lipinski definition) is 16. The third-order valence-electron chi connectivity index (χ3n) is 16.4. The van der Waals surface area contributed by atoms with Crippen molar-refractivity contribution in [2.75, 3.05) is 38.4 Å². The maximum Gasteiger partial charge on any atom is 1.00 e. The number of hydrogen-bond donors (Lipinski definition) is 5. The second kappa shape index (κ2) is 32.2. The number of anilines is 1. The molecule has 5 heterocycles. The number of unbranched alkanes of at least 4 members (excludes halogenated alkanes) is 5. The molecule has 3 aromatic carbocycles. The number of carbonyl (C=O) groups excluding carboxylic acids is 4. The van der Waals surface area contributed by atoms with Gasteiger partial charge in [0.1, 0.15) is 33.3 Å². The van der Waals surface area contributed by atoms with Crippen molar-refractivity contribution < 1.29 is 98.6 Å². The van der Waals surface area contributed by atoms with Gasteiger partial charge in [-0.1, -0.05) is 63.1 Å². The Bertz CT molecular complexity index is 3740. The summed E-state index contributed by atoms with van der Waals surface area (Å²) >= 11 is 3.04. The molecule has 21 nitrogen and oxygen atoms in total. The minimum Gasteiger partial charge on any atom is -0.744 e. The van der Waals surface area contributed by atoms with Crippen LogP contribution >= 0.6 is 22.7 Å². The van der Waals surface area contributed by atoms with E-state index in [-0.39, 0.29) is 70.3 Å². The zero-order chi connectivity index (χ0) is 64.8. The molecular formula is C65H78N7NaO14S4. The molecule has 0 unspecified atom stereocenters. The third-order valence-corrected chi connectivity index (χ3v) is 19.7. The van der Waals surface area contributed by atoms with E-state index in [1.54, 1.807) is 35.2 Å². The van der Waals surface area contributed by atoms with Crippen LogP contribution in [-0.4, -0.2) is 115 Å². The van der Waals surface area contributed by atoms with Crippen LogP contribution in [-0.2, 0) is 63.3 Å². The third kappa shape index (κ3) is 19.2. The van der Waals surface area contributed by atoms with Gasteiger partial charge < -0.3 is 54.8 Å². The standard InChI is InChI=1S/C65H79N7O14S4.Na/c1-64(2)49-38-47(89(79,80)81)27-29-53(49)70(5)57(64)22-9-6-10-23-58-65(3,4)50-39-48(90(82,83)84)28-30-54(50)72(58)34-16-8-12-25-60(74)66-32-14-7-11-24-59(73)67-33-15-13-21-51(62(77)71(41-45-19-17-35-87-45)42-46-20-18-36-88-46)68-63(78)69-52(40-61(75)76)44-26-31-55-56(37-44)86-43-85-55;/h6,9-10,17-20,22-23,26-31,35-39,51-52H,7-8,11-16,21,24-25,32-34,40-43H2,1-5H3,(H6-,66,67,68,69,73,74,75,76,78,79,80,81,82,83,84);/q;+1/p-1/t51-,52-;/m1./s1. The van der Waals surface area contributed by atoms with Gasteiger partial charge in [-0.25, -0.2) is 21.6 Å². The first-order valence-corrected chi connectivity index (χ1v) is 34.6. The molecule has 5 amide bonds.